The van der Waals surface area contributed by atoms with Crippen LogP contribution in [0.5, 0.6) is 0 Å². The molecule has 84 valence electrons. The fourth-order valence-corrected chi connectivity index (χ4v) is 4.02. The summed E-state index contributed by atoms with van der Waals surface area (Å²) in [4.78, 5) is 22.5. The lowest BCUT2D eigenvalue weighted by Crippen LogP contribution is -2.45. The highest BCUT2D eigenvalue weighted by Gasteiger charge is 2.55. The van der Waals surface area contributed by atoms with Crippen molar-refractivity contribution in [2.45, 2.75) is 30.5 Å². The molecule has 0 spiro atoms. The van der Waals surface area contributed by atoms with E-state index in [9.17, 15) is 9.59 Å². The third kappa shape index (κ3) is 1.77. The first-order valence-electron chi connectivity index (χ1n) is 5.19. The van der Waals surface area contributed by atoms with Crippen molar-refractivity contribution in [2.24, 2.45) is 11.3 Å². The van der Waals surface area contributed by atoms with Gasteiger partial charge in [0.2, 0.25) is 5.91 Å². The molecule has 2 fully saturated rings. The van der Waals surface area contributed by atoms with Crippen LogP contribution in [0.1, 0.15) is 25.7 Å². The third-order valence-corrected chi connectivity index (χ3v) is 4.89. The minimum atomic E-state index is -0.988. The minimum Gasteiger partial charge on any atom is -0.480 e. The summed E-state index contributed by atoms with van der Waals surface area (Å²) in [5.74, 6) is -0.435. The second-order valence-corrected chi connectivity index (χ2v) is 5.65. The molecule has 4 nitrogen and oxygen atoms in total. The summed E-state index contributed by atoms with van der Waals surface area (Å²) in [5, 5.41) is 11.0. The van der Waals surface area contributed by atoms with Crippen molar-refractivity contribution in [3.8, 4) is 0 Å². The summed E-state index contributed by atoms with van der Waals surface area (Å²) in [6.07, 6.45) is 3.94. The number of carbonyl (C=O) groups is 2. The van der Waals surface area contributed by atoms with Crippen molar-refractivity contribution in [1.82, 2.24) is 5.32 Å². The van der Waals surface area contributed by atoms with E-state index < -0.39 is 5.97 Å². The van der Waals surface area contributed by atoms with E-state index in [1.54, 1.807) is 0 Å². The van der Waals surface area contributed by atoms with Gasteiger partial charge in [-0.3, -0.25) is 9.59 Å². The molecule has 2 rings (SSSR count). The summed E-state index contributed by atoms with van der Waals surface area (Å²) >= 11 is 3.55. The lowest BCUT2D eigenvalue weighted by molar-refractivity contribution is -0.139. The molecule has 2 N–H and O–H groups in total. The van der Waals surface area contributed by atoms with Crippen molar-refractivity contribution in [3.63, 3.8) is 0 Å². The van der Waals surface area contributed by atoms with Gasteiger partial charge in [-0.25, -0.2) is 0 Å². The zero-order valence-electron chi connectivity index (χ0n) is 8.33. The van der Waals surface area contributed by atoms with Crippen molar-refractivity contribution >= 4 is 27.8 Å². The molecule has 5 heteroatoms. The first-order valence-corrected chi connectivity index (χ1v) is 6.10. The molecule has 1 amide bonds. The standard InChI is InChI=1S/C10H14BrNO3/c11-7-3-6-1-2-10(7,4-6)9(15)12-5-8(13)14/h6-7H,1-5H2,(H,12,15)(H,13,14). The van der Waals surface area contributed by atoms with Crippen LogP contribution in [0.25, 0.3) is 0 Å². The maximum absolute atomic E-state index is 11.9. The van der Waals surface area contributed by atoms with E-state index in [1.165, 1.54) is 0 Å². The van der Waals surface area contributed by atoms with Crippen molar-refractivity contribution in [3.05, 3.63) is 0 Å². The molecule has 3 unspecified atom stereocenters. The van der Waals surface area contributed by atoms with Gasteiger partial charge in [0.1, 0.15) is 6.54 Å². The molecule has 2 bridgehead atoms. The van der Waals surface area contributed by atoms with Crippen LogP contribution in [0.2, 0.25) is 0 Å². The van der Waals surface area contributed by atoms with Crippen molar-refractivity contribution in [2.75, 3.05) is 6.54 Å². The average Bonchev–Trinajstić information content (AvgIpc) is 2.71. The number of amides is 1. The Morgan fingerprint density at radius 1 is 1.53 bits per heavy atom. The molecule has 0 saturated heterocycles. The predicted molar refractivity (Wildman–Crippen MR) is 57.8 cm³/mol. The fraction of sp³-hybridized carbons (Fsp3) is 0.800. The van der Waals surface area contributed by atoms with Crippen LogP contribution in [-0.2, 0) is 9.59 Å². The molecule has 0 radical (unpaired) electrons. The van der Waals surface area contributed by atoms with Gasteiger partial charge in [0.25, 0.3) is 0 Å². The second-order valence-electron chi connectivity index (χ2n) is 4.54. The Labute approximate surface area is 96.5 Å². The van der Waals surface area contributed by atoms with Crippen LogP contribution < -0.4 is 5.32 Å². The van der Waals surface area contributed by atoms with E-state index in [2.05, 4.69) is 21.2 Å². The van der Waals surface area contributed by atoms with Gasteiger partial charge in [-0.15, -0.1) is 0 Å². The number of aliphatic carboxylic acids is 1. The zero-order valence-corrected chi connectivity index (χ0v) is 9.92. The molecule has 0 aliphatic heterocycles. The Morgan fingerprint density at radius 2 is 2.27 bits per heavy atom. The Balaban J connectivity index is 2.02. The van der Waals surface area contributed by atoms with Gasteiger partial charge in [-0.05, 0) is 31.6 Å². The van der Waals surface area contributed by atoms with E-state index in [0.29, 0.717) is 5.92 Å². The first-order chi connectivity index (χ1) is 7.04. The molecular weight excluding hydrogens is 262 g/mol. The monoisotopic (exact) mass is 275 g/mol. The lowest BCUT2D eigenvalue weighted by atomic mass is 9.83. The molecule has 2 aliphatic rings. The maximum Gasteiger partial charge on any atom is 0.322 e. The summed E-state index contributed by atoms with van der Waals surface area (Å²) in [7, 11) is 0. The van der Waals surface area contributed by atoms with Crippen LogP contribution in [-0.4, -0.2) is 28.4 Å². The molecule has 0 aromatic rings. The third-order valence-electron chi connectivity index (χ3n) is 3.64. The number of fused-ring (bicyclic) bond motifs is 2. The number of alkyl halides is 1. The molecule has 2 aliphatic carbocycles. The number of carbonyl (C=O) groups excluding carboxylic acids is 1. The molecule has 3 atom stereocenters. The summed E-state index contributed by atoms with van der Waals surface area (Å²) in [5.41, 5.74) is -0.333. The highest BCUT2D eigenvalue weighted by Crippen LogP contribution is 2.57. The van der Waals surface area contributed by atoms with Crippen LogP contribution in [0, 0.1) is 11.3 Å². The Hall–Kier alpha value is -0.580. The smallest absolute Gasteiger partial charge is 0.322 e. The number of carboxylic acids is 1. The van der Waals surface area contributed by atoms with Crippen LogP contribution in [0.3, 0.4) is 0 Å². The van der Waals surface area contributed by atoms with Crippen molar-refractivity contribution < 1.29 is 14.7 Å². The highest BCUT2D eigenvalue weighted by molar-refractivity contribution is 9.09. The van der Waals surface area contributed by atoms with Gasteiger partial charge in [0, 0.05) is 4.83 Å². The maximum atomic E-state index is 11.9. The molecule has 0 aromatic heterocycles. The van der Waals surface area contributed by atoms with Gasteiger partial charge in [0.15, 0.2) is 0 Å². The van der Waals surface area contributed by atoms with Crippen LogP contribution >= 0.6 is 15.9 Å². The largest absolute Gasteiger partial charge is 0.480 e. The first kappa shape index (κ1) is 10.9. The van der Waals surface area contributed by atoms with E-state index in [0.717, 1.165) is 25.7 Å². The number of carboxylic acid groups (broad SMARTS) is 1. The average molecular weight is 276 g/mol. The van der Waals surface area contributed by atoms with Crippen LogP contribution in [0.15, 0.2) is 0 Å². The Bertz CT molecular complexity index is 307. The molecular formula is C10H14BrNO3. The Kier molecular flexibility index (Phi) is 2.75. The number of nitrogens with one attached hydrogen (secondary N) is 1. The normalized spacial score (nSPS) is 37.9. The van der Waals surface area contributed by atoms with E-state index in [4.69, 9.17) is 5.11 Å². The molecule has 0 aromatic carbocycles. The SMILES string of the molecule is O=C(O)CNC(=O)C12CCC(CC1Br)C2. The van der Waals surface area contributed by atoms with Gasteiger partial charge >= 0.3 is 5.97 Å². The van der Waals surface area contributed by atoms with Gasteiger partial charge in [-0.1, -0.05) is 15.9 Å². The summed E-state index contributed by atoms with van der Waals surface area (Å²) < 4.78 is 0. The van der Waals surface area contributed by atoms with Crippen LogP contribution in [0.4, 0.5) is 0 Å². The van der Waals surface area contributed by atoms with E-state index in [-0.39, 0.29) is 22.7 Å². The van der Waals surface area contributed by atoms with Crippen molar-refractivity contribution in [1.29, 1.82) is 0 Å². The summed E-state index contributed by atoms with van der Waals surface area (Å²) in [6.45, 7) is -0.273. The Morgan fingerprint density at radius 3 is 2.73 bits per heavy atom. The topological polar surface area (TPSA) is 66.4 Å². The lowest BCUT2D eigenvalue weighted by Gasteiger charge is -2.29. The second kappa shape index (κ2) is 3.77. The predicted octanol–water partition coefficient (Wildman–Crippen LogP) is 1.14. The number of rotatable bonds is 3. The fourth-order valence-electron chi connectivity index (χ4n) is 2.87. The summed E-state index contributed by atoms with van der Waals surface area (Å²) in [6, 6.07) is 0. The zero-order chi connectivity index (χ0) is 11.1. The molecule has 15 heavy (non-hydrogen) atoms. The highest BCUT2D eigenvalue weighted by atomic mass is 79.9. The van der Waals surface area contributed by atoms with Gasteiger partial charge in [0.05, 0.1) is 5.41 Å². The molecule has 2 saturated carbocycles. The molecule has 0 heterocycles. The number of hydrogen-bond donors (Lipinski definition) is 2. The number of hydrogen-bond acceptors (Lipinski definition) is 2. The van der Waals surface area contributed by atoms with E-state index in [1.807, 2.05) is 0 Å². The van der Waals surface area contributed by atoms with Gasteiger partial charge < -0.3 is 10.4 Å². The number of halogens is 1. The minimum absolute atomic E-state index is 0.0909. The van der Waals surface area contributed by atoms with Gasteiger partial charge in [-0.2, -0.15) is 0 Å². The van der Waals surface area contributed by atoms with E-state index >= 15 is 0 Å². The quantitative estimate of drug-likeness (QED) is 0.760.